The lowest BCUT2D eigenvalue weighted by Crippen LogP contribution is -2.47. The van der Waals surface area contributed by atoms with E-state index in [1.165, 1.54) is 0 Å². The molecule has 218 valence electrons. The third-order valence-corrected chi connectivity index (χ3v) is 8.93. The SMILES string of the molecule is O=C(c1[nH]c2cc(Cl)ccc2c1-c1c(-c2ccccc2)ncn1Cc1ccc(Cl)cc1)N1CCC(N2CCNC2=O)CC1. The van der Waals surface area contributed by atoms with Gasteiger partial charge in [-0.3, -0.25) is 4.79 Å². The van der Waals surface area contributed by atoms with E-state index in [4.69, 9.17) is 28.2 Å². The van der Waals surface area contributed by atoms with Gasteiger partial charge < -0.3 is 24.7 Å². The molecule has 2 N–H and O–H groups in total. The number of benzene rings is 3. The van der Waals surface area contributed by atoms with E-state index in [9.17, 15) is 9.59 Å². The number of hydrogen-bond acceptors (Lipinski definition) is 3. The second-order valence-corrected chi connectivity index (χ2v) is 11.9. The van der Waals surface area contributed by atoms with Crippen LogP contribution in [0.25, 0.3) is 33.4 Å². The van der Waals surface area contributed by atoms with Crippen molar-refractivity contribution in [2.45, 2.75) is 25.4 Å². The van der Waals surface area contributed by atoms with Crippen molar-refractivity contribution in [1.82, 2.24) is 29.7 Å². The lowest BCUT2D eigenvalue weighted by molar-refractivity contribution is 0.0662. The van der Waals surface area contributed by atoms with E-state index < -0.39 is 0 Å². The number of likely N-dealkylation sites (tertiary alicyclic amines) is 1. The summed E-state index contributed by atoms with van der Waals surface area (Å²) in [4.78, 5) is 38.7. The quantitative estimate of drug-likeness (QED) is 0.224. The fourth-order valence-corrected chi connectivity index (χ4v) is 6.61. The Bertz CT molecular complexity index is 1810. The van der Waals surface area contributed by atoms with Crippen LogP contribution in [0, 0.1) is 0 Å². The summed E-state index contributed by atoms with van der Waals surface area (Å²) in [5.74, 6) is -0.0788. The number of hydrogen-bond donors (Lipinski definition) is 2. The molecule has 2 fully saturated rings. The molecule has 10 heteroatoms. The maximum absolute atomic E-state index is 14.3. The van der Waals surface area contributed by atoms with E-state index in [2.05, 4.69) is 14.9 Å². The molecule has 2 saturated heterocycles. The van der Waals surface area contributed by atoms with Crippen molar-refractivity contribution in [2.75, 3.05) is 26.2 Å². The number of nitrogens with zero attached hydrogens (tertiary/aromatic N) is 4. The number of rotatable bonds is 6. The predicted octanol–water partition coefficient (Wildman–Crippen LogP) is 6.68. The minimum absolute atomic E-state index is 0.0121. The van der Waals surface area contributed by atoms with Gasteiger partial charge in [0, 0.05) is 70.8 Å². The summed E-state index contributed by atoms with van der Waals surface area (Å²) in [5, 5.41) is 5.05. The lowest BCUT2D eigenvalue weighted by Gasteiger charge is -2.36. The number of H-pyrrole nitrogens is 1. The summed E-state index contributed by atoms with van der Waals surface area (Å²) < 4.78 is 2.10. The maximum atomic E-state index is 14.3. The van der Waals surface area contributed by atoms with Crippen LogP contribution in [-0.2, 0) is 6.54 Å². The Balaban J connectivity index is 1.32. The van der Waals surface area contributed by atoms with Gasteiger partial charge in [0.1, 0.15) is 5.69 Å². The van der Waals surface area contributed by atoms with Crippen molar-refractivity contribution in [1.29, 1.82) is 0 Å². The molecule has 0 saturated carbocycles. The summed E-state index contributed by atoms with van der Waals surface area (Å²) in [6, 6.07) is 23.6. The fraction of sp³-hybridized carbons (Fsp3) is 0.242. The number of amides is 3. The van der Waals surface area contributed by atoms with Crippen LogP contribution in [0.4, 0.5) is 4.79 Å². The van der Waals surface area contributed by atoms with Crippen molar-refractivity contribution in [2.24, 2.45) is 0 Å². The van der Waals surface area contributed by atoms with Crippen molar-refractivity contribution in [3.05, 3.63) is 100 Å². The zero-order valence-corrected chi connectivity index (χ0v) is 24.9. The number of halogens is 2. The van der Waals surface area contributed by atoms with Crippen LogP contribution in [-0.4, -0.2) is 68.5 Å². The maximum Gasteiger partial charge on any atom is 0.317 e. The van der Waals surface area contributed by atoms with Gasteiger partial charge in [0.05, 0.1) is 17.7 Å². The molecule has 0 atom stereocenters. The molecule has 0 aliphatic carbocycles. The second-order valence-electron chi connectivity index (χ2n) is 11.1. The van der Waals surface area contributed by atoms with E-state index in [1.807, 2.05) is 88.9 Å². The highest BCUT2D eigenvalue weighted by atomic mass is 35.5. The first-order valence-electron chi connectivity index (χ1n) is 14.5. The molecular weight excluding hydrogens is 583 g/mol. The van der Waals surface area contributed by atoms with Crippen LogP contribution in [0.1, 0.15) is 28.9 Å². The molecule has 0 bridgehead atoms. The first-order chi connectivity index (χ1) is 21.0. The smallest absolute Gasteiger partial charge is 0.317 e. The topological polar surface area (TPSA) is 86.3 Å². The number of imidazole rings is 1. The van der Waals surface area contributed by atoms with Crippen molar-refractivity contribution in [3.63, 3.8) is 0 Å². The highest BCUT2D eigenvalue weighted by Crippen LogP contribution is 2.40. The summed E-state index contributed by atoms with van der Waals surface area (Å²) >= 11 is 12.6. The number of piperidine rings is 1. The molecule has 2 aliphatic heterocycles. The summed E-state index contributed by atoms with van der Waals surface area (Å²) in [6.07, 6.45) is 3.32. The molecule has 0 spiro atoms. The molecule has 2 aromatic heterocycles. The number of carbonyl (C=O) groups is 2. The standard InChI is InChI=1S/C33H30Cl2N6O2/c34-23-8-6-21(7-9-23)19-40-20-37-29(22-4-2-1-3-5-22)31(40)28-26-11-10-24(35)18-27(26)38-30(28)32(42)39-15-12-25(13-16-39)41-17-14-36-33(41)43/h1-11,18,20,25,38H,12-17,19H2,(H,36,43). The van der Waals surface area contributed by atoms with Crippen LogP contribution >= 0.6 is 23.2 Å². The van der Waals surface area contributed by atoms with Crippen LogP contribution in [0.5, 0.6) is 0 Å². The van der Waals surface area contributed by atoms with E-state index in [0.717, 1.165) is 51.8 Å². The third kappa shape index (κ3) is 5.26. The van der Waals surface area contributed by atoms with E-state index in [-0.39, 0.29) is 18.0 Å². The molecule has 0 unspecified atom stereocenters. The van der Waals surface area contributed by atoms with Crippen molar-refractivity contribution < 1.29 is 9.59 Å². The molecule has 7 rings (SSSR count). The minimum Gasteiger partial charge on any atom is -0.350 e. The monoisotopic (exact) mass is 612 g/mol. The number of carbonyl (C=O) groups excluding carboxylic acids is 2. The molecule has 8 nitrogen and oxygen atoms in total. The molecular formula is C33H30Cl2N6O2. The minimum atomic E-state index is -0.0788. The largest absolute Gasteiger partial charge is 0.350 e. The Kier molecular flexibility index (Phi) is 7.33. The Labute approximate surface area is 259 Å². The Morgan fingerprint density at radius 1 is 0.930 bits per heavy atom. The highest BCUT2D eigenvalue weighted by Gasteiger charge is 2.34. The van der Waals surface area contributed by atoms with Gasteiger partial charge in [-0.2, -0.15) is 0 Å². The number of urea groups is 1. The van der Waals surface area contributed by atoms with Gasteiger partial charge in [0.25, 0.3) is 5.91 Å². The van der Waals surface area contributed by atoms with Gasteiger partial charge in [-0.05, 0) is 42.7 Å². The number of aromatic amines is 1. The van der Waals surface area contributed by atoms with Gasteiger partial charge in [-0.25, -0.2) is 9.78 Å². The molecule has 2 aliphatic rings. The molecule has 5 aromatic rings. The molecule has 43 heavy (non-hydrogen) atoms. The van der Waals surface area contributed by atoms with Gasteiger partial charge in [-0.1, -0.05) is 71.7 Å². The summed E-state index contributed by atoms with van der Waals surface area (Å²) in [6.45, 7) is 3.07. The first kappa shape index (κ1) is 27.6. The average molecular weight is 614 g/mol. The molecule has 0 radical (unpaired) electrons. The van der Waals surface area contributed by atoms with Crippen molar-refractivity contribution in [3.8, 4) is 22.5 Å². The van der Waals surface area contributed by atoms with Gasteiger partial charge in [-0.15, -0.1) is 0 Å². The summed E-state index contributed by atoms with van der Waals surface area (Å²) in [5.41, 5.74) is 5.74. The molecule has 4 heterocycles. The predicted molar refractivity (Wildman–Crippen MR) is 170 cm³/mol. The average Bonchev–Trinajstić information content (AvgIpc) is 3.74. The van der Waals surface area contributed by atoms with Gasteiger partial charge >= 0.3 is 6.03 Å². The normalized spacial score (nSPS) is 15.8. The molecule has 3 aromatic carbocycles. The zero-order valence-electron chi connectivity index (χ0n) is 23.4. The zero-order chi connectivity index (χ0) is 29.5. The van der Waals surface area contributed by atoms with E-state index in [1.54, 1.807) is 0 Å². The summed E-state index contributed by atoms with van der Waals surface area (Å²) in [7, 11) is 0. The van der Waals surface area contributed by atoms with Gasteiger partial charge in [0.2, 0.25) is 0 Å². The van der Waals surface area contributed by atoms with Crippen LogP contribution in [0.2, 0.25) is 10.0 Å². The molecule has 3 amide bonds. The van der Waals surface area contributed by atoms with E-state index >= 15 is 0 Å². The van der Waals surface area contributed by atoms with E-state index in [0.29, 0.717) is 48.5 Å². The Hall–Kier alpha value is -4.27. The number of fused-ring (bicyclic) bond motifs is 1. The number of nitrogens with one attached hydrogen (secondary N) is 2. The second kappa shape index (κ2) is 11.4. The Morgan fingerprint density at radius 3 is 2.40 bits per heavy atom. The lowest BCUT2D eigenvalue weighted by atomic mass is 9.99. The Morgan fingerprint density at radius 2 is 1.67 bits per heavy atom. The van der Waals surface area contributed by atoms with Crippen LogP contribution < -0.4 is 5.32 Å². The van der Waals surface area contributed by atoms with Gasteiger partial charge in [0.15, 0.2) is 0 Å². The fourth-order valence-electron chi connectivity index (χ4n) is 6.31. The number of aromatic nitrogens is 3. The highest BCUT2D eigenvalue weighted by molar-refractivity contribution is 6.31. The first-order valence-corrected chi connectivity index (χ1v) is 15.2. The third-order valence-electron chi connectivity index (χ3n) is 8.44. The van der Waals surface area contributed by atoms with Crippen molar-refractivity contribution >= 4 is 46.0 Å². The van der Waals surface area contributed by atoms with Crippen LogP contribution in [0.3, 0.4) is 0 Å². The van der Waals surface area contributed by atoms with Crippen LogP contribution in [0.15, 0.2) is 79.1 Å².